The molecule has 1 aromatic heterocycles. The first kappa shape index (κ1) is 18.3. The fraction of sp³-hybridized carbons (Fsp3) is 0.522. The molecule has 2 aromatic rings. The van der Waals surface area contributed by atoms with Gasteiger partial charge in [0.25, 0.3) is 0 Å². The Labute approximate surface area is 161 Å². The standard InChI is InChI=1S/C23H29NO3/c1-16-8-4-5-10-18(16)19-15-20(19)23(26)24-12-6-2-3-9-17(24)14-21(25)22-11-7-13-27-22/h4-5,7-8,10-11,13,17,19-21,25H,2-3,6,9,12,14-15H2,1H3/t17-,19+,20+,21-/m1/s1. The minimum atomic E-state index is -0.648. The summed E-state index contributed by atoms with van der Waals surface area (Å²) >= 11 is 0. The summed E-state index contributed by atoms with van der Waals surface area (Å²) in [5.41, 5.74) is 2.59. The highest BCUT2D eigenvalue weighted by Gasteiger charge is 2.47. The summed E-state index contributed by atoms with van der Waals surface area (Å²) in [6.45, 7) is 2.94. The molecule has 1 saturated heterocycles. The third-order valence-corrected chi connectivity index (χ3v) is 6.22. The van der Waals surface area contributed by atoms with Gasteiger partial charge in [-0.25, -0.2) is 0 Å². The van der Waals surface area contributed by atoms with E-state index in [9.17, 15) is 9.90 Å². The highest BCUT2D eigenvalue weighted by Crippen LogP contribution is 2.50. The number of aryl methyl sites for hydroxylation is 1. The Balaban J connectivity index is 1.46. The third kappa shape index (κ3) is 3.96. The molecule has 27 heavy (non-hydrogen) atoms. The first-order valence-corrected chi connectivity index (χ1v) is 10.2. The van der Waals surface area contributed by atoms with Gasteiger partial charge in [0.2, 0.25) is 5.91 Å². The first-order chi connectivity index (χ1) is 13.1. The predicted molar refractivity (Wildman–Crippen MR) is 104 cm³/mol. The second-order valence-corrected chi connectivity index (χ2v) is 8.11. The van der Waals surface area contributed by atoms with Crippen LogP contribution in [0.25, 0.3) is 0 Å². The number of rotatable bonds is 5. The van der Waals surface area contributed by atoms with E-state index in [1.807, 2.05) is 6.07 Å². The van der Waals surface area contributed by atoms with E-state index in [-0.39, 0.29) is 17.9 Å². The lowest BCUT2D eigenvalue weighted by Gasteiger charge is -2.31. The van der Waals surface area contributed by atoms with Crippen molar-refractivity contribution < 1.29 is 14.3 Å². The predicted octanol–water partition coefficient (Wildman–Crippen LogP) is 4.59. The maximum Gasteiger partial charge on any atom is 0.226 e. The molecule has 2 heterocycles. The number of nitrogens with zero attached hydrogens (tertiary/aromatic N) is 1. The highest BCUT2D eigenvalue weighted by atomic mass is 16.4. The summed E-state index contributed by atoms with van der Waals surface area (Å²) in [4.78, 5) is 15.4. The van der Waals surface area contributed by atoms with Gasteiger partial charge in [0.15, 0.2) is 0 Å². The maximum atomic E-state index is 13.3. The topological polar surface area (TPSA) is 53.7 Å². The van der Waals surface area contributed by atoms with E-state index in [0.717, 1.165) is 38.6 Å². The minimum Gasteiger partial charge on any atom is -0.467 e. The summed E-state index contributed by atoms with van der Waals surface area (Å²) in [5, 5.41) is 10.5. The van der Waals surface area contributed by atoms with Crippen molar-refractivity contribution in [2.75, 3.05) is 6.54 Å². The van der Waals surface area contributed by atoms with Crippen LogP contribution in [-0.4, -0.2) is 28.5 Å². The average molecular weight is 367 g/mol. The van der Waals surface area contributed by atoms with Crippen molar-refractivity contribution in [3.63, 3.8) is 0 Å². The summed E-state index contributed by atoms with van der Waals surface area (Å²) in [6, 6.07) is 12.1. The number of aliphatic hydroxyl groups is 1. The molecular formula is C23H29NO3. The molecule has 1 amide bonds. The maximum absolute atomic E-state index is 13.3. The zero-order chi connectivity index (χ0) is 18.8. The number of aliphatic hydroxyl groups excluding tert-OH is 1. The Morgan fingerprint density at radius 2 is 2.07 bits per heavy atom. The van der Waals surface area contributed by atoms with Crippen molar-refractivity contribution in [1.82, 2.24) is 4.90 Å². The van der Waals surface area contributed by atoms with Crippen molar-refractivity contribution in [3.05, 3.63) is 59.5 Å². The molecule has 1 N–H and O–H groups in total. The zero-order valence-corrected chi connectivity index (χ0v) is 16.0. The molecule has 1 aliphatic heterocycles. The molecule has 4 atom stereocenters. The Morgan fingerprint density at radius 1 is 1.22 bits per heavy atom. The monoisotopic (exact) mass is 367 g/mol. The summed E-state index contributed by atoms with van der Waals surface area (Å²) in [6.07, 6.45) is 6.74. The van der Waals surface area contributed by atoms with Crippen LogP contribution >= 0.6 is 0 Å². The van der Waals surface area contributed by atoms with Crippen LogP contribution in [0, 0.1) is 12.8 Å². The number of furan rings is 1. The summed E-state index contributed by atoms with van der Waals surface area (Å²) in [5.74, 6) is 1.34. The smallest absolute Gasteiger partial charge is 0.226 e. The third-order valence-electron chi connectivity index (χ3n) is 6.22. The van der Waals surface area contributed by atoms with Gasteiger partial charge in [-0.3, -0.25) is 4.79 Å². The molecule has 4 nitrogen and oxygen atoms in total. The fourth-order valence-corrected chi connectivity index (χ4v) is 4.59. The van der Waals surface area contributed by atoms with Gasteiger partial charge in [0.05, 0.1) is 6.26 Å². The highest BCUT2D eigenvalue weighted by molar-refractivity contribution is 5.83. The lowest BCUT2D eigenvalue weighted by Crippen LogP contribution is -2.42. The molecule has 144 valence electrons. The van der Waals surface area contributed by atoms with E-state index in [0.29, 0.717) is 18.1 Å². The molecule has 2 aliphatic rings. The molecule has 0 radical (unpaired) electrons. The van der Waals surface area contributed by atoms with Crippen LogP contribution in [0.1, 0.15) is 67.4 Å². The summed E-state index contributed by atoms with van der Waals surface area (Å²) in [7, 11) is 0. The van der Waals surface area contributed by atoms with Crippen molar-refractivity contribution in [3.8, 4) is 0 Å². The Bertz CT molecular complexity index is 770. The summed E-state index contributed by atoms with van der Waals surface area (Å²) < 4.78 is 5.36. The molecule has 1 aliphatic carbocycles. The zero-order valence-electron chi connectivity index (χ0n) is 16.0. The van der Waals surface area contributed by atoms with Crippen LogP contribution < -0.4 is 0 Å². The minimum absolute atomic E-state index is 0.0956. The largest absolute Gasteiger partial charge is 0.467 e. The molecular weight excluding hydrogens is 338 g/mol. The Morgan fingerprint density at radius 3 is 2.85 bits per heavy atom. The number of hydrogen-bond donors (Lipinski definition) is 1. The second kappa shape index (κ2) is 7.89. The van der Waals surface area contributed by atoms with Crippen molar-refractivity contribution in [1.29, 1.82) is 0 Å². The quantitative estimate of drug-likeness (QED) is 0.841. The van der Waals surface area contributed by atoms with E-state index in [2.05, 4.69) is 36.1 Å². The van der Waals surface area contributed by atoms with Gasteiger partial charge in [0, 0.05) is 24.9 Å². The Kier molecular flexibility index (Phi) is 5.35. The van der Waals surface area contributed by atoms with Crippen LogP contribution in [0.15, 0.2) is 47.1 Å². The second-order valence-electron chi connectivity index (χ2n) is 8.11. The van der Waals surface area contributed by atoms with Gasteiger partial charge >= 0.3 is 0 Å². The fourth-order valence-electron chi connectivity index (χ4n) is 4.59. The molecule has 4 heteroatoms. The molecule has 2 fully saturated rings. The number of likely N-dealkylation sites (tertiary alicyclic amines) is 1. The van der Waals surface area contributed by atoms with Crippen molar-refractivity contribution in [2.24, 2.45) is 5.92 Å². The van der Waals surface area contributed by atoms with Crippen LogP contribution in [0.3, 0.4) is 0 Å². The lowest BCUT2D eigenvalue weighted by molar-refractivity contribution is -0.135. The normalized spacial score (nSPS) is 26.4. The van der Waals surface area contributed by atoms with Crippen LogP contribution in [-0.2, 0) is 4.79 Å². The van der Waals surface area contributed by atoms with E-state index in [1.54, 1.807) is 12.3 Å². The SMILES string of the molecule is Cc1ccccc1[C@@H]1C[C@@H]1C(=O)N1CCCCC[C@@H]1C[C@@H](O)c1ccco1. The molecule has 0 spiro atoms. The van der Waals surface area contributed by atoms with E-state index >= 15 is 0 Å². The molecule has 0 unspecified atom stereocenters. The Hall–Kier alpha value is -2.07. The number of carbonyl (C=O) groups is 1. The molecule has 0 bridgehead atoms. The number of hydrogen-bond acceptors (Lipinski definition) is 3. The van der Waals surface area contributed by atoms with E-state index in [4.69, 9.17) is 4.42 Å². The number of benzene rings is 1. The van der Waals surface area contributed by atoms with Gasteiger partial charge in [-0.15, -0.1) is 0 Å². The van der Waals surface area contributed by atoms with E-state index < -0.39 is 6.10 Å². The lowest BCUT2D eigenvalue weighted by atomic mass is 10.00. The van der Waals surface area contributed by atoms with E-state index in [1.165, 1.54) is 11.1 Å². The van der Waals surface area contributed by atoms with Crippen molar-refractivity contribution in [2.45, 2.75) is 63.5 Å². The van der Waals surface area contributed by atoms with Gasteiger partial charge in [0.1, 0.15) is 11.9 Å². The van der Waals surface area contributed by atoms with Gasteiger partial charge < -0.3 is 14.4 Å². The molecule has 1 aromatic carbocycles. The van der Waals surface area contributed by atoms with Crippen LogP contribution in [0.2, 0.25) is 0 Å². The number of amides is 1. The van der Waals surface area contributed by atoms with Crippen molar-refractivity contribution >= 4 is 5.91 Å². The molecule has 4 rings (SSSR count). The molecule has 1 saturated carbocycles. The number of carbonyl (C=O) groups excluding carboxylic acids is 1. The van der Waals surface area contributed by atoms with Crippen LogP contribution in [0.5, 0.6) is 0 Å². The average Bonchev–Trinajstić information content (AvgIpc) is 3.33. The van der Waals surface area contributed by atoms with Crippen LogP contribution in [0.4, 0.5) is 0 Å². The van der Waals surface area contributed by atoms with Gasteiger partial charge in [-0.1, -0.05) is 37.1 Å². The van der Waals surface area contributed by atoms with Gasteiger partial charge in [-0.2, -0.15) is 0 Å². The van der Waals surface area contributed by atoms with Gasteiger partial charge in [-0.05, 0) is 55.4 Å². The first-order valence-electron chi connectivity index (χ1n) is 10.2.